The van der Waals surface area contributed by atoms with Crippen LogP contribution < -0.4 is 0 Å². The van der Waals surface area contributed by atoms with Crippen LogP contribution in [0.3, 0.4) is 0 Å². The van der Waals surface area contributed by atoms with Gasteiger partial charge in [-0.25, -0.2) is 14.2 Å². The van der Waals surface area contributed by atoms with Crippen molar-refractivity contribution in [1.82, 2.24) is 4.98 Å². The fraction of sp³-hybridized carbons (Fsp3) is 0.233. The Kier molecular flexibility index (Phi) is 9.32. The van der Waals surface area contributed by atoms with Crippen molar-refractivity contribution in [1.29, 1.82) is 0 Å². The lowest BCUT2D eigenvalue weighted by atomic mass is 10.1. The first kappa shape index (κ1) is 27.1. The fourth-order valence-electron chi connectivity index (χ4n) is 3.87. The Labute approximate surface area is 224 Å². The van der Waals surface area contributed by atoms with E-state index in [4.69, 9.17) is 9.15 Å². The van der Waals surface area contributed by atoms with E-state index in [0.29, 0.717) is 42.2 Å². The van der Waals surface area contributed by atoms with E-state index in [-0.39, 0.29) is 12.4 Å². The molecule has 8 heteroatoms. The van der Waals surface area contributed by atoms with Crippen molar-refractivity contribution in [2.75, 3.05) is 12.4 Å². The molecule has 6 nitrogen and oxygen atoms in total. The molecule has 0 spiro atoms. The number of benzene rings is 3. The molecule has 0 aliphatic heterocycles. The summed E-state index contributed by atoms with van der Waals surface area (Å²) < 4.78 is 24.2. The lowest BCUT2D eigenvalue weighted by molar-refractivity contribution is -0.136. The van der Waals surface area contributed by atoms with Gasteiger partial charge in [0.2, 0.25) is 5.89 Å². The SMILES string of the molecule is Cc1oc(-c2ccccc2)nc1CCOC(=O)c1ccc(CC(SCCc2ccc(F)cc2)C(=O)O)cc1. The van der Waals surface area contributed by atoms with Crippen molar-refractivity contribution >= 4 is 23.7 Å². The monoisotopic (exact) mass is 533 g/mol. The van der Waals surface area contributed by atoms with Crippen LogP contribution in [0.15, 0.2) is 83.3 Å². The maximum atomic E-state index is 13.0. The number of ether oxygens (including phenoxy) is 1. The number of esters is 1. The first-order chi connectivity index (χ1) is 18.4. The van der Waals surface area contributed by atoms with Gasteiger partial charge in [-0.05, 0) is 73.0 Å². The van der Waals surface area contributed by atoms with Crippen LogP contribution in [0, 0.1) is 12.7 Å². The summed E-state index contributed by atoms with van der Waals surface area (Å²) in [6.07, 6.45) is 1.41. The van der Waals surface area contributed by atoms with E-state index < -0.39 is 17.2 Å². The van der Waals surface area contributed by atoms with Gasteiger partial charge >= 0.3 is 11.9 Å². The largest absolute Gasteiger partial charge is 0.480 e. The highest BCUT2D eigenvalue weighted by Crippen LogP contribution is 2.22. The van der Waals surface area contributed by atoms with Crippen LogP contribution in [0.4, 0.5) is 4.39 Å². The van der Waals surface area contributed by atoms with Gasteiger partial charge in [0.25, 0.3) is 0 Å². The molecule has 1 heterocycles. The van der Waals surface area contributed by atoms with Gasteiger partial charge in [0, 0.05) is 12.0 Å². The zero-order chi connectivity index (χ0) is 26.9. The summed E-state index contributed by atoms with van der Waals surface area (Å²) in [5.74, 6) is 0.187. The standard InChI is InChI=1S/C30H28FNO5S/c1-20-26(32-28(37-20)23-5-3-2-4-6-23)15-17-36-30(35)24-11-7-22(8-12-24)19-27(29(33)34)38-18-16-21-9-13-25(31)14-10-21/h2-14,27H,15-19H2,1H3,(H,33,34). The highest BCUT2D eigenvalue weighted by atomic mass is 32.2. The van der Waals surface area contributed by atoms with E-state index in [0.717, 1.165) is 22.4 Å². The van der Waals surface area contributed by atoms with Crippen LogP contribution in [-0.2, 0) is 28.8 Å². The van der Waals surface area contributed by atoms with Crippen LogP contribution in [-0.4, -0.2) is 39.6 Å². The minimum absolute atomic E-state index is 0.161. The van der Waals surface area contributed by atoms with Crippen molar-refractivity contribution in [3.63, 3.8) is 0 Å². The molecule has 196 valence electrons. The van der Waals surface area contributed by atoms with E-state index in [9.17, 15) is 19.1 Å². The van der Waals surface area contributed by atoms with Gasteiger partial charge in [0.05, 0.1) is 17.9 Å². The third kappa shape index (κ3) is 7.55. The van der Waals surface area contributed by atoms with E-state index in [1.54, 1.807) is 36.4 Å². The number of aryl methyl sites for hydroxylation is 2. The number of carbonyl (C=O) groups is 2. The average molecular weight is 534 g/mol. The van der Waals surface area contributed by atoms with Crippen molar-refractivity contribution in [3.05, 3.63) is 113 Å². The third-order valence-electron chi connectivity index (χ3n) is 5.99. The van der Waals surface area contributed by atoms with Gasteiger partial charge in [0.15, 0.2) is 0 Å². The molecule has 0 fully saturated rings. The molecule has 38 heavy (non-hydrogen) atoms. The number of nitrogens with zero attached hydrogens (tertiary/aromatic N) is 1. The fourth-order valence-corrected chi connectivity index (χ4v) is 4.96. The second kappa shape index (κ2) is 13.1. The number of carboxylic acid groups (broad SMARTS) is 1. The highest BCUT2D eigenvalue weighted by molar-refractivity contribution is 8.00. The Morgan fingerprint density at radius 1 is 0.974 bits per heavy atom. The molecule has 1 atom stereocenters. The number of thioether (sulfide) groups is 1. The van der Waals surface area contributed by atoms with Crippen molar-refractivity contribution in [2.45, 2.75) is 31.4 Å². The van der Waals surface area contributed by atoms with Gasteiger partial charge in [-0.3, -0.25) is 4.79 Å². The molecule has 1 N–H and O–H groups in total. The Balaban J connectivity index is 1.25. The zero-order valence-electron chi connectivity index (χ0n) is 20.9. The van der Waals surface area contributed by atoms with Crippen LogP contribution in [0.5, 0.6) is 0 Å². The van der Waals surface area contributed by atoms with Crippen LogP contribution in [0.1, 0.15) is 32.9 Å². The zero-order valence-corrected chi connectivity index (χ0v) is 21.7. The van der Waals surface area contributed by atoms with Crippen LogP contribution >= 0.6 is 11.8 Å². The number of carbonyl (C=O) groups excluding carboxylic acids is 1. The summed E-state index contributed by atoms with van der Waals surface area (Å²) in [4.78, 5) is 28.8. The highest BCUT2D eigenvalue weighted by Gasteiger charge is 2.19. The van der Waals surface area contributed by atoms with Crippen molar-refractivity contribution < 1.29 is 28.2 Å². The summed E-state index contributed by atoms with van der Waals surface area (Å²) in [6.45, 7) is 1.99. The Bertz CT molecular complexity index is 1350. The molecule has 0 radical (unpaired) electrons. The van der Waals surface area contributed by atoms with Gasteiger partial charge in [-0.1, -0.05) is 42.5 Å². The molecule has 0 bridgehead atoms. The number of carboxylic acids is 1. The molecule has 3 aromatic carbocycles. The first-order valence-corrected chi connectivity index (χ1v) is 13.3. The average Bonchev–Trinajstić information content (AvgIpc) is 3.30. The normalized spacial score (nSPS) is 11.7. The molecular weight excluding hydrogens is 505 g/mol. The molecule has 0 saturated heterocycles. The van der Waals surface area contributed by atoms with Crippen LogP contribution in [0.25, 0.3) is 11.5 Å². The van der Waals surface area contributed by atoms with Gasteiger partial charge in [0.1, 0.15) is 16.8 Å². The summed E-state index contributed by atoms with van der Waals surface area (Å²) in [5.41, 5.74) is 3.79. The number of hydrogen-bond donors (Lipinski definition) is 1. The molecule has 1 unspecified atom stereocenters. The minimum Gasteiger partial charge on any atom is -0.480 e. The predicted molar refractivity (Wildman–Crippen MR) is 145 cm³/mol. The molecular formula is C30H28FNO5S. The summed E-state index contributed by atoms with van der Waals surface area (Å²) in [5, 5.41) is 9.01. The maximum Gasteiger partial charge on any atom is 0.338 e. The summed E-state index contributed by atoms with van der Waals surface area (Å²) in [7, 11) is 0. The van der Waals surface area contributed by atoms with E-state index in [1.807, 2.05) is 37.3 Å². The van der Waals surface area contributed by atoms with Crippen LogP contribution in [0.2, 0.25) is 0 Å². The molecule has 1 aromatic heterocycles. The lowest BCUT2D eigenvalue weighted by Crippen LogP contribution is -2.20. The minimum atomic E-state index is -0.892. The third-order valence-corrected chi connectivity index (χ3v) is 7.21. The Morgan fingerprint density at radius 3 is 2.34 bits per heavy atom. The number of halogens is 1. The molecule has 4 rings (SSSR count). The predicted octanol–water partition coefficient (Wildman–Crippen LogP) is 6.16. The molecule has 0 amide bonds. The van der Waals surface area contributed by atoms with Crippen molar-refractivity contribution in [2.24, 2.45) is 0 Å². The molecule has 4 aromatic rings. The van der Waals surface area contributed by atoms with E-state index in [2.05, 4.69) is 4.98 Å². The summed E-state index contributed by atoms with van der Waals surface area (Å²) in [6, 6.07) is 22.6. The van der Waals surface area contributed by atoms with Gasteiger partial charge < -0.3 is 14.3 Å². The quantitative estimate of drug-likeness (QED) is 0.218. The number of rotatable bonds is 12. The maximum absolute atomic E-state index is 13.0. The van der Waals surface area contributed by atoms with E-state index >= 15 is 0 Å². The van der Waals surface area contributed by atoms with Crippen molar-refractivity contribution in [3.8, 4) is 11.5 Å². The number of aromatic nitrogens is 1. The summed E-state index contributed by atoms with van der Waals surface area (Å²) >= 11 is 1.35. The number of aliphatic carboxylic acids is 1. The second-order valence-electron chi connectivity index (χ2n) is 8.75. The Morgan fingerprint density at radius 2 is 1.66 bits per heavy atom. The lowest BCUT2D eigenvalue weighted by Gasteiger charge is -2.13. The van der Waals surface area contributed by atoms with Gasteiger partial charge in [-0.2, -0.15) is 0 Å². The Hall–Kier alpha value is -3.91. The molecule has 0 aliphatic carbocycles. The van der Waals surface area contributed by atoms with E-state index in [1.165, 1.54) is 23.9 Å². The number of hydrogen-bond acceptors (Lipinski definition) is 6. The molecule has 0 saturated carbocycles. The topological polar surface area (TPSA) is 89.6 Å². The number of oxazole rings is 1. The molecule has 0 aliphatic rings. The van der Waals surface area contributed by atoms with Gasteiger partial charge in [-0.15, -0.1) is 11.8 Å². The second-order valence-corrected chi connectivity index (χ2v) is 10.1. The smallest absolute Gasteiger partial charge is 0.338 e. The first-order valence-electron chi connectivity index (χ1n) is 12.3.